The van der Waals surface area contributed by atoms with E-state index in [1.807, 2.05) is 12.1 Å². The van der Waals surface area contributed by atoms with Crippen molar-refractivity contribution in [1.82, 2.24) is 0 Å². The summed E-state index contributed by atoms with van der Waals surface area (Å²) in [6.45, 7) is 0. The number of aryl methyl sites for hydroxylation is 2. The van der Waals surface area contributed by atoms with Crippen LogP contribution in [-0.4, -0.2) is 11.4 Å². The van der Waals surface area contributed by atoms with E-state index in [0.29, 0.717) is 0 Å². The van der Waals surface area contributed by atoms with Crippen LogP contribution in [0.15, 0.2) is 60.7 Å². The van der Waals surface area contributed by atoms with Crippen LogP contribution < -0.4 is 0 Å². The van der Waals surface area contributed by atoms with Crippen LogP contribution in [0, 0.1) is 0 Å². The van der Waals surface area contributed by atoms with Gasteiger partial charge in [-0.15, -0.1) is 0 Å². The van der Waals surface area contributed by atoms with Crippen LogP contribution in [0.3, 0.4) is 0 Å². The molecule has 0 unspecified atom stereocenters. The number of rotatable bonds is 6. The van der Waals surface area contributed by atoms with E-state index in [1.165, 1.54) is 11.1 Å². The van der Waals surface area contributed by atoms with Crippen LogP contribution in [0.4, 0.5) is 0 Å². The van der Waals surface area contributed by atoms with Crippen LogP contribution in [0.5, 0.6) is 0 Å². The molecule has 2 aromatic rings. The SMILES string of the molecule is [Cl][Ge]([Cl])([CH2]Cc1ccccc1)[CH2]Cc1ccccc1. The minimum atomic E-state index is -2.64. The summed E-state index contributed by atoms with van der Waals surface area (Å²) in [5.41, 5.74) is 2.66. The molecule has 0 amide bonds. The van der Waals surface area contributed by atoms with Crippen molar-refractivity contribution in [2.75, 3.05) is 0 Å². The Labute approximate surface area is 126 Å². The fourth-order valence-electron chi connectivity index (χ4n) is 2.07. The van der Waals surface area contributed by atoms with Gasteiger partial charge in [-0.3, -0.25) is 0 Å². The molecule has 0 bridgehead atoms. The summed E-state index contributed by atoms with van der Waals surface area (Å²) >= 11 is -2.64. The van der Waals surface area contributed by atoms with Crippen molar-refractivity contribution in [3.8, 4) is 0 Å². The molecule has 2 aromatic carbocycles. The van der Waals surface area contributed by atoms with Gasteiger partial charge in [0.1, 0.15) is 0 Å². The molecule has 0 aromatic heterocycles. The number of hydrogen-bond donors (Lipinski definition) is 0. The molecule has 0 spiro atoms. The Bertz CT molecular complexity index is 437. The van der Waals surface area contributed by atoms with Crippen molar-refractivity contribution in [3.05, 3.63) is 71.8 Å². The second-order valence-electron chi connectivity index (χ2n) is 4.83. The third-order valence-corrected chi connectivity index (χ3v) is 11.3. The Hall–Kier alpha value is -0.437. The quantitative estimate of drug-likeness (QED) is 0.611. The van der Waals surface area contributed by atoms with Crippen LogP contribution in [0.2, 0.25) is 10.5 Å². The zero-order chi connectivity index (χ0) is 13.6. The molecule has 3 heteroatoms. The Morgan fingerprint density at radius 2 is 1.00 bits per heavy atom. The zero-order valence-corrected chi connectivity index (χ0v) is 14.5. The average Bonchev–Trinajstić information content (AvgIpc) is 2.46. The Morgan fingerprint density at radius 1 is 0.632 bits per heavy atom. The van der Waals surface area contributed by atoms with Gasteiger partial charge in [0.15, 0.2) is 0 Å². The maximum atomic E-state index is 6.59. The predicted octanol–water partition coefficient (Wildman–Crippen LogP) is 5.39. The molecule has 0 saturated heterocycles. The van der Waals surface area contributed by atoms with Crippen molar-refractivity contribution in [3.63, 3.8) is 0 Å². The number of hydrogen-bond acceptors (Lipinski definition) is 0. The van der Waals surface area contributed by atoms with Crippen molar-refractivity contribution in [1.29, 1.82) is 0 Å². The molecule has 0 heterocycles. The van der Waals surface area contributed by atoms with Gasteiger partial charge in [-0.1, -0.05) is 0 Å². The van der Waals surface area contributed by atoms with Gasteiger partial charge in [-0.25, -0.2) is 0 Å². The van der Waals surface area contributed by atoms with E-state index in [9.17, 15) is 0 Å². The van der Waals surface area contributed by atoms with E-state index in [2.05, 4.69) is 48.5 Å². The second kappa shape index (κ2) is 7.37. The van der Waals surface area contributed by atoms with Gasteiger partial charge in [0.05, 0.1) is 0 Å². The van der Waals surface area contributed by atoms with Gasteiger partial charge in [-0.2, -0.15) is 0 Å². The first-order valence-corrected chi connectivity index (χ1v) is 15.1. The van der Waals surface area contributed by atoms with Gasteiger partial charge in [0.25, 0.3) is 0 Å². The van der Waals surface area contributed by atoms with Crippen LogP contribution >= 0.6 is 20.0 Å². The van der Waals surface area contributed by atoms with Gasteiger partial charge in [0, 0.05) is 0 Å². The minimum absolute atomic E-state index is 0.972. The van der Waals surface area contributed by atoms with Crippen LogP contribution in [-0.2, 0) is 12.8 Å². The molecule has 0 saturated carbocycles. The van der Waals surface area contributed by atoms with Crippen molar-refractivity contribution >= 4 is 31.4 Å². The predicted molar refractivity (Wildman–Crippen MR) is 87.4 cm³/mol. The maximum absolute atomic E-state index is 6.59. The molecule has 100 valence electrons. The first-order valence-electron chi connectivity index (χ1n) is 6.61. The third kappa shape index (κ3) is 5.60. The summed E-state index contributed by atoms with van der Waals surface area (Å²) in [5, 5.41) is 1.94. The van der Waals surface area contributed by atoms with Crippen LogP contribution in [0.25, 0.3) is 0 Å². The molecule has 0 atom stereocenters. The Morgan fingerprint density at radius 3 is 1.37 bits per heavy atom. The van der Waals surface area contributed by atoms with Crippen molar-refractivity contribution < 1.29 is 0 Å². The van der Waals surface area contributed by atoms with E-state index in [-0.39, 0.29) is 0 Å². The van der Waals surface area contributed by atoms with Gasteiger partial charge in [0.2, 0.25) is 0 Å². The number of benzene rings is 2. The van der Waals surface area contributed by atoms with Gasteiger partial charge in [-0.05, 0) is 0 Å². The zero-order valence-electron chi connectivity index (χ0n) is 10.9. The summed E-state index contributed by atoms with van der Waals surface area (Å²) in [6, 6.07) is 20.9. The van der Waals surface area contributed by atoms with Gasteiger partial charge < -0.3 is 0 Å². The summed E-state index contributed by atoms with van der Waals surface area (Å²) < 4.78 is 0. The van der Waals surface area contributed by atoms with Gasteiger partial charge >= 0.3 is 127 Å². The molecular formula is C16H18Cl2Ge. The summed E-state index contributed by atoms with van der Waals surface area (Å²) in [5.74, 6) is 0. The first kappa shape index (κ1) is 15.0. The molecule has 0 aliphatic heterocycles. The topological polar surface area (TPSA) is 0 Å². The second-order valence-corrected chi connectivity index (χ2v) is 19.0. The average molecular weight is 354 g/mol. The Balaban J connectivity index is 1.82. The molecule has 19 heavy (non-hydrogen) atoms. The Kier molecular flexibility index (Phi) is 5.81. The molecule has 0 N–H and O–H groups in total. The van der Waals surface area contributed by atoms with E-state index in [4.69, 9.17) is 20.0 Å². The molecular weight excluding hydrogens is 336 g/mol. The standard InChI is InChI=1S/C16H18Cl2Ge/c17-19(18,13-11-15-7-3-1-4-8-15)14-12-16-9-5-2-6-10-16/h1-10H,11-14H2. The van der Waals surface area contributed by atoms with E-state index in [0.717, 1.165) is 23.3 Å². The fourth-order valence-corrected chi connectivity index (χ4v) is 7.30. The van der Waals surface area contributed by atoms with Crippen molar-refractivity contribution in [2.24, 2.45) is 0 Å². The van der Waals surface area contributed by atoms with E-state index < -0.39 is 11.4 Å². The summed E-state index contributed by atoms with van der Waals surface area (Å²) in [4.78, 5) is 0. The molecule has 0 aliphatic rings. The normalized spacial score (nSPS) is 11.5. The fraction of sp³-hybridized carbons (Fsp3) is 0.250. The first-order chi connectivity index (χ1) is 9.16. The van der Waals surface area contributed by atoms with Crippen LogP contribution in [0.1, 0.15) is 11.1 Å². The van der Waals surface area contributed by atoms with E-state index in [1.54, 1.807) is 0 Å². The number of halogens is 2. The molecule has 0 fully saturated rings. The summed E-state index contributed by atoms with van der Waals surface area (Å²) in [6.07, 6.45) is 2.01. The molecule has 0 aliphatic carbocycles. The third-order valence-electron chi connectivity index (χ3n) is 3.24. The van der Waals surface area contributed by atoms with E-state index >= 15 is 0 Å². The molecule has 0 radical (unpaired) electrons. The van der Waals surface area contributed by atoms with Crippen molar-refractivity contribution in [2.45, 2.75) is 23.3 Å². The monoisotopic (exact) mass is 354 g/mol. The summed E-state index contributed by atoms with van der Waals surface area (Å²) in [7, 11) is 13.2. The molecule has 2 rings (SSSR count). The molecule has 0 nitrogen and oxygen atoms in total.